The number of hydrogen-bond donors (Lipinski definition) is 11. The second-order valence-corrected chi connectivity index (χ2v) is 13.7. The van der Waals surface area contributed by atoms with Crippen molar-refractivity contribution in [3.8, 4) is 68.9 Å². The summed E-state index contributed by atoms with van der Waals surface area (Å²) in [6, 6.07) is 25.1. The third-order valence-electron chi connectivity index (χ3n) is 11.2. The number of para-hydroxylation sites is 3. The molecule has 11 N–H and O–H groups in total. The molecule has 0 atom stereocenters. The van der Waals surface area contributed by atoms with Gasteiger partial charge < -0.3 is 65.1 Å². The first-order valence-electron chi connectivity index (χ1n) is 16.9. The first kappa shape index (κ1) is 30.6. The average molecular weight is 733 g/mol. The van der Waals surface area contributed by atoms with Crippen LogP contribution in [0, 0.1) is 0 Å². The van der Waals surface area contributed by atoms with Crippen molar-refractivity contribution >= 4 is 92.2 Å². The van der Waals surface area contributed by atoms with E-state index in [9.17, 15) is 56.2 Å². The van der Waals surface area contributed by atoms with Gasteiger partial charge in [0, 0.05) is 64.6 Å². The Kier molecular flexibility index (Phi) is 5.37. The summed E-state index contributed by atoms with van der Waals surface area (Å²) in [5.74, 6) is -12.5. The van der Waals surface area contributed by atoms with Crippen molar-refractivity contribution in [1.82, 2.24) is 8.97 Å². The van der Waals surface area contributed by atoms with Crippen LogP contribution in [-0.2, 0) is 0 Å². The smallest absolute Gasteiger partial charge is 0.204 e. The molecule has 11 rings (SSSR count). The molecule has 55 heavy (non-hydrogen) atoms. The van der Waals surface area contributed by atoms with Gasteiger partial charge in [0.1, 0.15) is 5.69 Å². The molecule has 0 amide bonds. The maximum Gasteiger partial charge on any atom is 0.204 e. The van der Waals surface area contributed by atoms with Gasteiger partial charge in [0.15, 0.2) is 40.2 Å². The van der Waals surface area contributed by atoms with Crippen molar-refractivity contribution in [2.24, 2.45) is 0 Å². The fourth-order valence-electron chi connectivity index (χ4n) is 8.99. The fourth-order valence-corrected chi connectivity index (χ4v) is 8.99. The van der Waals surface area contributed by atoms with Crippen LogP contribution >= 0.6 is 0 Å². The van der Waals surface area contributed by atoms with Gasteiger partial charge in [-0.15, -0.1) is 0 Å². The SMILES string of the molecule is Oc1c(O)c(O)c2c(c1O)c1c(O)c(O)c(O)c(O)c1c1c(O)c(-n3c4ccccc4c4c5c6cccc7c8ccccc8n(c5ccc43)c76)c(O)c(O)c21. The van der Waals surface area contributed by atoms with E-state index in [-0.39, 0.29) is 0 Å². The zero-order chi connectivity index (χ0) is 38.1. The zero-order valence-corrected chi connectivity index (χ0v) is 27.8. The van der Waals surface area contributed by atoms with E-state index in [4.69, 9.17) is 0 Å². The van der Waals surface area contributed by atoms with Crippen LogP contribution in [0.5, 0.6) is 63.2 Å². The van der Waals surface area contributed by atoms with Gasteiger partial charge in [-0.3, -0.25) is 0 Å². The summed E-state index contributed by atoms with van der Waals surface area (Å²) in [5, 5.41) is 125. The van der Waals surface area contributed by atoms with Gasteiger partial charge in [-0.05, 0) is 24.3 Å². The third-order valence-corrected chi connectivity index (χ3v) is 11.2. The van der Waals surface area contributed by atoms with Crippen LogP contribution in [0.25, 0.3) is 97.9 Å². The number of phenols is 11. The lowest BCUT2D eigenvalue weighted by atomic mass is 9.89. The minimum Gasteiger partial charge on any atom is -0.505 e. The maximum absolute atomic E-state index is 12.4. The minimum atomic E-state index is -1.27. The van der Waals surface area contributed by atoms with E-state index in [0.717, 1.165) is 43.5 Å². The molecule has 3 aromatic heterocycles. The predicted molar refractivity (Wildman–Crippen MR) is 206 cm³/mol. The van der Waals surface area contributed by atoms with Crippen LogP contribution < -0.4 is 0 Å². The fraction of sp³-hybridized carbons (Fsp3) is 0. The van der Waals surface area contributed by atoms with Gasteiger partial charge in [-0.25, -0.2) is 0 Å². The van der Waals surface area contributed by atoms with Gasteiger partial charge in [0.2, 0.25) is 23.0 Å². The Morgan fingerprint density at radius 3 is 1.27 bits per heavy atom. The Morgan fingerprint density at radius 1 is 0.273 bits per heavy atom. The monoisotopic (exact) mass is 732 g/mol. The summed E-state index contributed by atoms with van der Waals surface area (Å²) in [7, 11) is 0. The van der Waals surface area contributed by atoms with Crippen LogP contribution in [0.3, 0.4) is 0 Å². The Morgan fingerprint density at radius 2 is 0.691 bits per heavy atom. The van der Waals surface area contributed by atoms with Gasteiger partial charge in [-0.1, -0.05) is 54.6 Å². The molecular formula is C42H24N2O11. The summed E-state index contributed by atoms with van der Waals surface area (Å²) >= 11 is 0. The van der Waals surface area contributed by atoms with Gasteiger partial charge >= 0.3 is 0 Å². The van der Waals surface area contributed by atoms with Crippen molar-refractivity contribution in [2.45, 2.75) is 0 Å². The highest BCUT2D eigenvalue weighted by Crippen LogP contribution is 2.63. The van der Waals surface area contributed by atoms with E-state index in [1.54, 1.807) is 18.2 Å². The molecule has 13 nitrogen and oxygen atoms in total. The van der Waals surface area contributed by atoms with E-state index < -0.39 is 101 Å². The lowest BCUT2D eigenvalue weighted by molar-refractivity contribution is 0.349. The standard InChI is InChI=1S/C42H24N2O11/c45-32-24-25(27-29(37(50)42(55)40(53)35(27)48)28-26(24)34(47)39(52)41(54)36(28)49)33(46)38(51)31(32)44-19-11-4-2-7-16(19)22-20(44)12-13-21-23(22)17-9-5-8-15-14-6-1-3-10-18(14)43(21)30(15)17/h1-13,45-55H. The maximum atomic E-state index is 12.4. The number of hydrogen-bond acceptors (Lipinski definition) is 11. The summed E-state index contributed by atoms with van der Waals surface area (Å²) in [5.41, 5.74) is 3.42. The summed E-state index contributed by atoms with van der Waals surface area (Å²) in [4.78, 5) is 0. The zero-order valence-electron chi connectivity index (χ0n) is 27.8. The van der Waals surface area contributed by atoms with Gasteiger partial charge in [-0.2, -0.15) is 0 Å². The number of rotatable bonds is 1. The minimum absolute atomic E-state index is 0.420. The molecular weight excluding hydrogens is 708 g/mol. The van der Waals surface area contributed by atoms with Crippen molar-refractivity contribution in [3.63, 3.8) is 0 Å². The first-order chi connectivity index (χ1) is 26.5. The van der Waals surface area contributed by atoms with Crippen LogP contribution in [0.2, 0.25) is 0 Å². The third kappa shape index (κ3) is 3.26. The average Bonchev–Trinajstić information content (AvgIpc) is 3.84. The molecule has 3 heterocycles. The molecule has 11 aromatic rings. The molecule has 8 aromatic carbocycles. The number of benzene rings is 8. The molecule has 0 spiro atoms. The molecule has 0 unspecified atom stereocenters. The van der Waals surface area contributed by atoms with E-state index >= 15 is 0 Å². The van der Waals surface area contributed by atoms with Crippen LogP contribution in [0.1, 0.15) is 0 Å². The number of nitrogens with zero attached hydrogens (tertiary/aromatic N) is 2. The molecule has 0 aliphatic rings. The number of aromatic nitrogens is 2. The van der Waals surface area contributed by atoms with Crippen LogP contribution in [0.15, 0.2) is 78.9 Å². The molecule has 268 valence electrons. The topological polar surface area (TPSA) is 232 Å². The normalized spacial score (nSPS) is 12.4. The Hall–Kier alpha value is -8.06. The first-order valence-corrected chi connectivity index (χ1v) is 16.9. The van der Waals surface area contributed by atoms with Crippen molar-refractivity contribution < 1.29 is 56.2 Å². The lowest BCUT2D eigenvalue weighted by Gasteiger charge is -2.21. The van der Waals surface area contributed by atoms with Crippen LogP contribution in [-0.4, -0.2) is 65.1 Å². The highest BCUT2D eigenvalue weighted by molar-refractivity contribution is 6.37. The Labute approximate surface area is 304 Å². The van der Waals surface area contributed by atoms with Crippen LogP contribution in [0.4, 0.5) is 0 Å². The summed E-state index contributed by atoms with van der Waals surface area (Å²) in [6.45, 7) is 0. The second kappa shape index (κ2) is 9.67. The van der Waals surface area contributed by atoms with Crippen molar-refractivity contribution in [3.05, 3.63) is 78.9 Å². The Balaban J connectivity index is 1.39. The molecule has 0 fully saturated rings. The van der Waals surface area contributed by atoms with E-state index in [1.165, 1.54) is 4.57 Å². The number of phenolic OH excluding ortho intramolecular Hbond substituents is 11. The largest absolute Gasteiger partial charge is 0.505 e. The van der Waals surface area contributed by atoms with E-state index in [0.29, 0.717) is 16.4 Å². The number of fused-ring (bicyclic) bond motifs is 16. The lowest BCUT2D eigenvalue weighted by Crippen LogP contribution is -1.98. The van der Waals surface area contributed by atoms with Gasteiger partial charge in [0.05, 0.1) is 27.6 Å². The molecule has 0 saturated heterocycles. The number of aromatic hydroxyl groups is 11. The second-order valence-electron chi connectivity index (χ2n) is 13.7. The summed E-state index contributed by atoms with van der Waals surface area (Å²) < 4.78 is 3.70. The molecule has 0 aliphatic carbocycles. The molecule has 13 heteroatoms. The molecule has 0 saturated carbocycles. The molecule has 0 radical (unpaired) electrons. The van der Waals surface area contributed by atoms with E-state index in [2.05, 4.69) is 16.5 Å². The highest BCUT2D eigenvalue weighted by atomic mass is 16.4. The summed E-state index contributed by atoms with van der Waals surface area (Å²) in [6.07, 6.45) is 0. The van der Waals surface area contributed by atoms with E-state index in [1.807, 2.05) is 48.5 Å². The Bertz CT molecular complexity index is 3580. The molecule has 0 aliphatic heterocycles. The molecule has 0 bridgehead atoms. The predicted octanol–water partition coefficient (Wildman–Crippen LogP) is 8.15. The van der Waals surface area contributed by atoms with Crippen molar-refractivity contribution in [1.29, 1.82) is 0 Å². The quantitative estimate of drug-likeness (QED) is 0.0438. The van der Waals surface area contributed by atoms with Gasteiger partial charge in [0.25, 0.3) is 0 Å². The van der Waals surface area contributed by atoms with Crippen molar-refractivity contribution in [2.75, 3.05) is 0 Å². The highest BCUT2D eigenvalue weighted by Gasteiger charge is 2.34.